The molecule has 3 aliphatic rings. The lowest BCUT2D eigenvalue weighted by atomic mass is 9.96. The van der Waals surface area contributed by atoms with Crippen LogP contribution in [-0.4, -0.2) is 42.2 Å². The standard InChI is InChI=1S/C15H29N3/c1-12-9-15(10-16,11-18(12)14-6-7-14)17-8-2-3-13-4-5-13/h12-14,17H,2-11,16H2,1H3. The molecule has 1 saturated heterocycles. The second-order valence-electron chi connectivity index (χ2n) is 6.95. The predicted octanol–water partition coefficient (Wildman–Crippen LogP) is 1.72. The predicted molar refractivity (Wildman–Crippen MR) is 75.6 cm³/mol. The van der Waals surface area contributed by atoms with Crippen molar-refractivity contribution in [2.45, 2.75) is 69.5 Å². The van der Waals surface area contributed by atoms with Crippen LogP contribution in [0.3, 0.4) is 0 Å². The Morgan fingerprint density at radius 1 is 1.28 bits per heavy atom. The summed E-state index contributed by atoms with van der Waals surface area (Å²) in [4.78, 5) is 2.70. The van der Waals surface area contributed by atoms with E-state index >= 15 is 0 Å². The molecule has 3 N–H and O–H groups in total. The summed E-state index contributed by atoms with van der Waals surface area (Å²) in [5, 5.41) is 3.80. The van der Waals surface area contributed by atoms with Crippen LogP contribution in [0.2, 0.25) is 0 Å². The monoisotopic (exact) mass is 251 g/mol. The molecular formula is C15H29N3. The van der Waals surface area contributed by atoms with Crippen LogP contribution >= 0.6 is 0 Å². The van der Waals surface area contributed by atoms with Crippen molar-refractivity contribution in [2.24, 2.45) is 11.7 Å². The number of nitrogens with zero attached hydrogens (tertiary/aromatic N) is 1. The van der Waals surface area contributed by atoms with Crippen LogP contribution in [-0.2, 0) is 0 Å². The van der Waals surface area contributed by atoms with Gasteiger partial charge in [0.15, 0.2) is 0 Å². The molecule has 0 radical (unpaired) electrons. The van der Waals surface area contributed by atoms with Crippen LogP contribution in [0.25, 0.3) is 0 Å². The Bertz CT molecular complexity index is 285. The molecule has 3 heteroatoms. The highest BCUT2D eigenvalue weighted by atomic mass is 15.3. The van der Waals surface area contributed by atoms with E-state index in [0.717, 1.165) is 24.5 Å². The van der Waals surface area contributed by atoms with E-state index in [1.165, 1.54) is 58.0 Å². The van der Waals surface area contributed by atoms with Gasteiger partial charge in [0.2, 0.25) is 0 Å². The third-order valence-electron chi connectivity index (χ3n) is 5.13. The number of hydrogen-bond donors (Lipinski definition) is 2. The Morgan fingerprint density at radius 2 is 2.06 bits per heavy atom. The molecule has 104 valence electrons. The minimum atomic E-state index is 0.214. The quantitative estimate of drug-likeness (QED) is 0.677. The van der Waals surface area contributed by atoms with Crippen molar-refractivity contribution in [3.05, 3.63) is 0 Å². The van der Waals surface area contributed by atoms with Gasteiger partial charge in [0.1, 0.15) is 0 Å². The molecule has 0 spiro atoms. The van der Waals surface area contributed by atoms with Gasteiger partial charge in [-0.15, -0.1) is 0 Å². The summed E-state index contributed by atoms with van der Waals surface area (Å²) >= 11 is 0. The SMILES string of the molecule is CC1CC(CN)(NCCCC2CC2)CN1C1CC1. The molecule has 0 amide bonds. The van der Waals surface area contributed by atoms with Gasteiger partial charge in [0.25, 0.3) is 0 Å². The molecule has 3 fully saturated rings. The number of nitrogens with one attached hydrogen (secondary N) is 1. The summed E-state index contributed by atoms with van der Waals surface area (Å²) in [6.07, 6.45) is 9.78. The minimum absolute atomic E-state index is 0.214. The molecule has 2 atom stereocenters. The van der Waals surface area contributed by atoms with Crippen molar-refractivity contribution in [1.29, 1.82) is 0 Å². The normalized spacial score (nSPS) is 37.3. The van der Waals surface area contributed by atoms with Crippen molar-refractivity contribution < 1.29 is 0 Å². The third-order valence-corrected chi connectivity index (χ3v) is 5.13. The first-order valence-electron chi connectivity index (χ1n) is 7.93. The largest absolute Gasteiger partial charge is 0.329 e. The lowest BCUT2D eigenvalue weighted by Crippen LogP contribution is -2.53. The smallest absolute Gasteiger partial charge is 0.0447 e. The fraction of sp³-hybridized carbons (Fsp3) is 1.00. The first-order chi connectivity index (χ1) is 8.72. The van der Waals surface area contributed by atoms with Crippen molar-refractivity contribution in [1.82, 2.24) is 10.2 Å². The van der Waals surface area contributed by atoms with Crippen LogP contribution < -0.4 is 11.1 Å². The topological polar surface area (TPSA) is 41.3 Å². The van der Waals surface area contributed by atoms with Crippen LogP contribution in [0.5, 0.6) is 0 Å². The molecule has 2 unspecified atom stereocenters. The molecule has 0 aromatic carbocycles. The van der Waals surface area contributed by atoms with E-state index in [4.69, 9.17) is 5.73 Å². The Morgan fingerprint density at radius 3 is 2.67 bits per heavy atom. The van der Waals surface area contributed by atoms with Crippen molar-refractivity contribution in [2.75, 3.05) is 19.6 Å². The first kappa shape index (κ1) is 12.9. The van der Waals surface area contributed by atoms with E-state index in [0.29, 0.717) is 0 Å². The maximum atomic E-state index is 6.08. The van der Waals surface area contributed by atoms with E-state index in [1.807, 2.05) is 0 Å². The highest BCUT2D eigenvalue weighted by Gasteiger charge is 2.45. The summed E-state index contributed by atoms with van der Waals surface area (Å²) in [5.74, 6) is 1.06. The molecule has 2 aliphatic carbocycles. The highest BCUT2D eigenvalue weighted by molar-refractivity contribution is 5.05. The minimum Gasteiger partial charge on any atom is -0.329 e. The van der Waals surface area contributed by atoms with Gasteiger partial charge in [0, 0.05) is 30.7 Å². The maximum absolute atomic E-state index is 6.08. The fourth-order valence-corrected chi connectivity index (χ4v) is 3.65. The first-order valence-corrected chi connectivity index (χ1v) is 7.93. The van der Waals surface area contributed by atoms with Crippen LogP contribution in [0.15, 0.2) is 0 Å². The van der Waals surface area contributed by atoms with Gasteiger partial charge in [-0.2, -0.15) is 0 Å². The number of rotatable bonds is 7. The molecule has 0 aromatic rings. The Labute approximate surface area is 111 Å². The van der Waals surface area contributed by atoms with E-state index in [-0.39, 0.29) is 5.54 Å². The number of likely N-dealkylation sites (tertiary alicyclic amines) is 1. The molecule has 3 rings (SSSR count). The lowest BCUT2D eigenvalue weighted by molar-refractivity contribution is 0.241. The zero-order chi connectivity index (χ0) is 12.6. The number of nitrogens with two attached hydrogens (primary N) is 1. The van der Waals surface area contributed by atoms with Gasteiger partial charge in [-0.05, 0) is 51.5 Å². The summed E-state index contributed by atoms with van der Waals surface area (Å²) in [5.41, 5.74) is 6.29. The average molecular weight is 251 g/mol. The Kier molecular flexibility index (Phi) is 3.65. The van der Waals surface area contributed by atoms with Gasteiger partial charge in [-0.1, -0.05) is 12.8 Å². The van der Waals surface area contributed by atoms with Gasteiger partial charge in [-0.3, -0.25) is 4.90 Å². The van der Waals surface area contributed by atoms with Gasteiger partial charge in [-0.25, -0.2) is 0 Å². The van der Waals surface area contributed by atoms with Crippen LogP contribution in [0.4, 0.5) is 0 Å². The number of hydrogen-bond acceptors (Lipinski definition) is 3. The Hall–Kier alpha value is -0.120. The molecule has 18 heavy (non-hydrogen) atoms. The molecule has 0 bridgehead atoms. The van der Waals surface area contributed by atoms with E-state index in [2.05, 4.69) is 17.1 Å². The van der Waals surface area contributed by atoms with Crippen molar-refractivity contribution >= 4 is 0 Å². The van der Waals surface area contributed by atoms with Crippen molar-refractivity contribution in [3.63, 3.8) is 0 Å². The van der Waals surface area contributed by atoms with E-state index in [9.17, 15) is 0 Å². The summed E-state index contributed by atoms with van der Waals surface area (Å²) in [6, 6.07) is 1.60. The zero-order valence-electron chi connectivity index (χ0n) is 11.8. The molecule has 1 heterocycles. The van der Waals surface area contributed by atoms with E-state index < -0.39 is 0 Å². The Balaban J connectivity index is 1.46. The molecule has 1 aliphatic heterocycles. The highest BCUT2D eigenvalue weighted by Crippen LogP contribution is 2.37. The van der Waals surface area contributed by atoms with E-state index in [1.54, 1.807) is 0 Å². The van der Waals surface area contributed by atoms with Crippen LogP contribution in [0, 0.1) is 5.92 Å². The third kappa shape index (κ3) is 2.89. The molecule has 2 saturated carbocycles. The van der Waals surface area contributed by atoms with Gasteiger partial charge < -0.3 is 11.1 Å². The average Bonchev–Trinajstić information content (AvgIpc) is 3.25. The second kappa shape index (κ2) is 5.10. The van der Waals surface area contributed by atoms with Gasteiger partial charge >= 0.3 is 0 Å². The molecular weight excluding hydrogens is 222 g/mol. The second-order valence-corrected chi connectivity index (χ2v) is 6.95. The summed E-state index contributed by atoms with van der Waals surface area (Å²) < 4.78 is 0. The van der Waals surface area contributed by atoms with Crippen molar-refractivity contribution in [3.8, 4) is 0 Å². The molecule has 3 nitrogen and oxygen atoms in total. The fourth-order valence-electron chi connectivity index (χ4n) is 3.65. The van der Waals surface area contributed by atoms with Gasteiger partial charge in [0.05, 0.1) is 0 Å². The van der Waals surface area contributed by atoms with Crippen LogP contribution in [0.1, 0.15) is 51.9 Å². The summed E-state index contributed by atoms with van der Waals surface area (Å²) in [6.45, 7) is 5.52. The lowest BCUT2D eigenvalue weighted by Gasteiger charge is -2.29. The maximum Gasteiger partial charge on any atom is 0.0447 e. The summed E-state index contributed by atoms with van der Waals surface area (Å²) in [7, 11) is 0. The zero-order valence-corrected chi connectivity index (χ0v) is 11.8. The molecule has 0 aromatic heterocycles.